The number of hydrogen-bond acceptors (Lipinski definition) is 3. The second-order valence-corrected chi connectivity index (χ2v) is 6.14. The zero-order chi connectivity index (χ0) is 16.5. The van der Waals surface area contributed by atoms with Crippen LogP contribution in [0, 0.1) is 0 Å². The van der Waals surface area contributed by atoms with E-state index in [-0.39, 0.29) is 18.6 Å². The van der Waals surface area contributed by atoms with Crippen molar-refractivity contribution in [3.05, 3.63) is 60.4 Å². The highest BCUT2D eigenvalue weighted by Crippen LogP contribution is 2.26. The monoisotopic (exact) mass is 321 g/mol. The molecule has 0 radical (unpaired) electrons. The summed E-state index contributed by atoms with van der Waals surface area (Å²) in [5, 5.41) is 13.7. The molecule has 122 valence electrons. The Kier molecular flexibility index (Phi) is 3.78. The molecule has 0 spiro atoms. The minimum atomic E-state index is -0.0446. The average Bonchev–Trinajstić information content (AvgIpc) is 3.28. The number of nitrogens with zero attached hydrogens (tertiary/aromatic N) is 3. The molecular formula is C19H19N3O2. The van der Waals surface area contributed by atoms with Gasteiger partial charge in [-0.3, -0.25) is 4.79 Å². The molecule has 5 nitrogen and oxygen atoms in total. The zero-order valence-corrected chi connectivity index (χ0v) is 13.3. The van der Waals surface area contributed by atoms with Crippen molar-refractivity contribution in [3.8, 4) is 11.1 Å². The molecule has 5 heteroatoms. The van der Waals surface area contributed by atoms with Crippen molar-refractivity contribution in [1.29, 1.82) is 0 Å². The molecule has 1 saturated heterocycles. The molecule has 0 saturated carbocycles. The molecule has 0 aliphatic carbocycles. The summed E-state index contributed by atoms with van der Waals surface area (Å²) < 4.78 is 1.84. The highest BCUT2D eigenvalue weighted by Gasteiger charge is 2.28. The maximum absolute atomic E-state index is 12.6. The van der Waals surface area contributed by atoms with Crippen molar-refractivity contribution in [3.63, 3.8) is 0 Å². The lowest BCUT2D eigenvalue weighted by Gasteiger charge is -2.23. The van der Waals surface area contributed by atoms with Crippen LogP contribution in [0.5, 0.6) is 0 Å². The quantitative estimate of drug-likeness (QED) is 0.807. The molecular weight excluding hydrogens is 302 g/mol. The molecule has 1 aliphatic heterocycles. The fraction of sp³-hybridized carbons (Fsp3) is 0.263. The third-order valence-corrected chi connectivity index (χ3v) is 4.72. The zero-order valence-electron chi connectivity index (χ0n) is 13.3. The van der Waals surface area contributed by atoms with Gasteiger partial charge in [0.05, 0.1) is 24.4 Å². The van der Waals surface area contributed by atoms with Crippen LogP contribution in [0.2, 0.25) is 0 Å². The van der Waals surface area contributed by atoms with Crippen LogP contribution in [-0.2, 0) is 0 Å². The fourth-order valence-corrected chi connectivity index (χ4v) is 3.41. The summed E-state index contributed by atoms with van der Waals surface area (Å²) in [6.45, 7) is 0.756. The van der Waals surface area contributed by atoms with E-state index in [1.54, 1.807) is 4.90 Å². The Bertz CT molecular complexity index is 870. The van der Waals surface area contributed by atoms with E-state index in [2.05, 4.69) is 5.10 Å². The third kappa shape index (κ3) is 2.47. The lowest BCUT2D eigenvalue weighted by molar-refractivity contribution is 0.0677. The van der Waals surface area contributed by atoms with Gasteiger partial charge in [0.1, 0.15) is 0 Å². The molecule has 2 aromatic heterocycles. The Balaban J connectivity index is 1.62. The normalized spacial score (nSPS) is 17.5. The van der Waals surface area contributed by atoms with Crippen LogP contribution < -0.4 is 0 Å². The Hall–Kier alpha value is -2.66. The van der Waals surface area contributed by atoms with Crippen LogP contribution in [0.1, 0.15) is 23.2 Å². The Morgan fingerprint density at radius 1 is 1.21 bits per heavy atom. The lowest BCUT2D eigenvalue weighted by Crippen LogP contribution is -2.37. The van der Waals surface area contributed by atoms with Gasteiger partial charge in [-0.15, -0.1) is 0 Å². The molecule has 3 heterocycles. The van der Waals surface area contributed by atoms with Crippen molar-refractivity contribution in [2.75, 3.05) is 13.2 Å². The predicted molar refractivity (Wildman–Crippen MR) is 91.8 cm³/mol. The molecule has 0 unspecified atom stereocenters. The molecule has 1 aliphatic rings. The molecule has 1 aromatic carbocycles. The van der Waals surface area contributed by atoms with E-state index in [0.29, 0.717) is 5.56 Å². The summed E-state index contributed by atoms with van der Waals surface area (Å²) in [4.78, 5) is 14.4. The number of amides is 1. The van der Waals surface area contributed by atoms with Gasteiger partial charge in [0, 0.05) is 23.9 Å². The largest absolute Gasteiger partial charge is 0.394 e. The molecule has 1 atom stereocenters. The smallest absolute Gasteiger partial charge is 0.254 e. The number of carbonyl (C=O) groups excluding carboxylic acids is 1. The average molecular weight is 321 g/mol. The van der Waals surface area contributed by atoms with Gasteiger partial charge in [-0.25, -0.2) is 4.52 Å². The lowest BCUT2D eigenvalue weighted by atomic mass is 10.0. The van der Waals surface area contributed by atoms with Crippen LogP contribution in [0.4, 0.5) is 0 Å². The topological polar surface area (TPSA) is 57.8 Å². The number of carbonyl (C=O) groups is 1. The van der Waals surface area contributed by atoms with Gasteiger partial charge in [0.2, 0.25) is 0 Å². The first-order valence-corrected chi connectivity index (χ1v) is 8.22. The van der Waals surface area contributed by atoms with Gasteiger partial charge in [-0.05, 0) is 42.7 Å². The Morgan fingerprint density at radius 3 is 2.83 bits per heavy atom. The summed E-state index contributed by atoms with van der Waals surface area (Å²) in [5.41, 5.74) is 3.78. The summed E-state index contributed by atoms with van der Waals surface area (Å²) >= 11 is 0. The van der Waals surface area contributed by atoms with Gasteiger partial charge in [-0.2, -0.15) is 5.10 Å². The van der Waals surface area contributed by atoms with Gasteiger partial charge < -0.3 is 10.0 Å². The summed E-state index contributed by atoms with van der Waals surface area (Å²) in [5.74, 6) is -0.00189. The van der Waals surface area contributed by atoms with E-state index in [1.165, 1.54) is 0 Å². The van der Waals surface area contributed by atoms with Gasteiger partial charge in [0.25, 0.3) is 5.91 Å². The minimum Gasteiger partial charge on any atom is -0.394 e. The number of hydrogen-bond donors (Lipinski definition) is 1. The van der Waals surface area contributed by atoms with Crippen LogP contribution in [0.25, 0.3) is 16.6 Å². The van der Waals surface area contributed by atoms with Gasteiger partial charge in [-0.1, -0.05) is 18.2 Å². The van der Waals surface area contributed by atoms with Gasteiger partial charge >= 0.3 is 0 Å². The van der Waals surface area contributed by atoms with Crippen LogP contribution in [0.15, 0.2) is 54.9 Å². The highest BCUT2D eigenvalue weighted by molar-refractivity contribution is 5.95. The first kappa shape index (κ1) is 14.9. The number of fused-ring (bicyclic) bond motifs is 1. The summed E-state index contributed by atoms with van der Waals surface area (Å²) in [6, 6.07) is 13.5. The van der Waals surface area contributed by atoms with Crippen LogP contribution in [-0.4, -0.2) is 44.7 Å². The highest BCUT2D eigenvalue weighted by atomic mass is 16.3. The number of benzene rings is 1. The van der Waals surface area contributed by atoms with Crippen molar-refractivity contribution in [2.24, 2.45) is 0 Å². The van der Waals surface area contributed by atoms with E-state index < -0.39 is 0 Å². The maximum Gasteiger partial charge on any atom is 0.254 e. The molecule has 1 N–H and O–H groups in total. The molecule has 1 amide bonds. The molecule has 3 aromatic rings. The molecule has 24 heavy (non-hydrogen) atoms. The van der Waals surface area contributed by atoms with Gasteiger partial charge in [0.15, 0.2) is 0 Å². The first-order valence-electron chi connectivity index (χ1n) is 8.22. The number of aliphatic hydroxyl groups excluding tert-OH is 1. The Morgan fingerprint density at radius 2 is 2.04 bits per heavy atom. The number of aromatic nitrogens is 2. The second kappa shape index (κ2) is 6.09. The SMILES string of the molecule is O=C(c1ccc(-c2cnn3ccccc23)cc1)N1CCC[C@H]1CO. The van der Waals surface area contributed by atoms with E-state index in [9.17, 15) is 9.90 Å². The van der Waals surface area contributed by atoms with Crippen molar-refractivity contribution < 1.29 is 9.90 Å². The standard InChI is InChI=1S/C19H19N3O2/c23-13-16-4-3-10-21(16)19(24)15-8-6-14(7-9-15)17-12-20-22-11-2-1-5-18(17)22/h1-2,5-9,11-12,16,23H,3-4,10,13H2/t16-/m0/s1. The van der Waals surface area contributed by atoms with Crippen molar-refractivity contribution >= 4 is 11.4 Å². The van der Waals surface area contributed by atoms with E-state index in [0.717, 1.165) is 36.0 Å². The molecule has 1 fully saturated rings. The van der Waals surface area contributed by atoms with E-state index in [4.69, 9.17) is 0 Å². The first-order chi connectivity index (χ1) is 11.8. The summed E-state index contributed by atoms with van der Waals surface area (Å²) in [7, 11) is 0. The van der Waals surface area contributed by atoms with E-state index >= 15 is 0 Å². The fourth-order valence-electron chi connectivity index (χ4n) is 3.41. The maximum atomic E-state index is 12.6. The Labute approximate surface area is 140 Å². The molecule has 0 bridgehead atoms. The number of pyridine rings is 1. The molecule has 4 rings (SSSR count). The third-order valence-electron chi connectivity index (χ3n) is 4.72. The second-order valence-electron chi connectivity index (χ2n) is 6.14. The van der Waals surface area contributed by atoms with Crippen LogP contribution >= 0.6 is 0 Å². The number of aliphatic hydroxyl groups is 1. The van der Waals surface area contributed by atoms with Crippen LogP contribution in [0.3, 0.4) is 0 Å². The van der Waals surface area contributed by atoms with Crippen molar-refractivity contribution in [1.82, 2.24) is 14.5 Å². The number of likely N-dealkylation sites (tertiary alicyclic amines) is 1. The number of rotatable bonds is 3. The summed E-state index contributed by atoms with van der Waals surface area (Å²) in [6.07, 6.45) is 5.59. The van der Waals surface area contributed by atoms with Crippen molar-refractivity contribution in [2.45, 2.75) is 18.9 Å². The van der Waals surface area contributed by atoms with E-state index in [1.807, 2.05) is 59.4 Å². The minimum absolute atomic E-state index is 0.00189. The predicted octanol–water partition coefficient (Wildman–Crippen LogP) is 2.60.